The van der Waals surface area contributed by atoms with Gasteiger partial charge in [0.2, 0.25) is 0 Å². The highest BCUT2D eigenvalue weighted by Crippen LogP contribution is 2.45. The molecule has 2 rings (SSSR count). The summed E-state index contributed by atoms with van der Waals surface area (Å²) >= 11 is 0. The van der Waals surface area contributed by atoms with Crippen LogP contribution in [0.5, 0.6) is 0 Å². The second kappa shape index (κ2) is 3.04. The minimum Gasteiger partial charge on any atom is -0.314 e. The molecule has 12 heavy (non-hydrogen) atoms. The summed E-state index contributed by atoms with van der Waals surface area (Å²) in [6.45, 7) is 5.40. The number of nitriles is 1. The smallest absolute Gasteiger partial charge is 0.0703 e. The normalized spacial score (nSPS) is 27.9. The third kappa shape index (κ3) is 1.60. The predicted octanol–water partition coefficient (Wildman–Crippen LogP) is 0.195. The molecule has 3 nitrogen and oxygen atoms in total. The quantitative estimate of drug-likeness (QED) is 0.635. The molecule has 0 radical (unpaired) electrons. The molecule has 0 aromatic rings. The van der Waals surface area contributed by atoms with Gasteiger partial charge in [0.15, 0.2) is 0 Å². The van der Waals surface area contributed by atoms with E-state index < -0.39 is 0 Å². The molecule has 0 unspecified atom stereocenters. The van der Waals surface area contributed by atoms with E-state index in [1.54, 1.807) is 0 Å². The van der Waals surface area contributed by atoms with Gasteiger partial charge in [-0.05, 0) is 12.8 Å². The standard InChI is InChI=1S/C9H15N3/c10-7-9(1-2-9)8-12-5-3-11-4-6-12/h11H,1-6,8H2. The second-order valence-corrected chi connectivity index (χ2v) is 3.92. The number of hydrogen-bond donors (Lipinski definition) is 1. The van der Waals surface area contributed by atoms with Crippen molar-refractivity contribution in [1.29, 1.82) is 5.26 Å². The van der Waals surface area contributed by atoms with Crippen LogP contribution >= 0.6 is 0 Å². The molecule has 0 aromatic carbocycles. The van der Waals surface area contributed by atoms with E-state index in [4.69, 9.17) is 5.26 Å². The summed E-state index contributed by atoms with van der Waals surface area (Å²) in [6.07, 6.45) is 2.24. The number of nitrogens with one attached hydrogen (secondary N) is 1. The van der Waals surface area contributed by atoms with Crippen molar-refractivity contribution in [3.8, 4) is 6.07 Å². The molecule has 0 atom stereocenters. The number of nitrogens with zero attached hydrogens (tertiary/aromatic N) is 2. The summed E-state index contributed by atoms with van der Waals surface area (Å²) in [6, 6.07) is 2.44. The Kier molecular flexibility index (Phi) is 2.03. The van der Waals surface area contributed by atoms with Gasteiger partial charge < -0.3 is 5.32 Å². The third-order valence-corrected chi connectivity index (χ3v) is 2.83. The third-order valence-electron chi connectivity index (χ3n) is 2.83. The van der Waals surface area contributed by atoms with E-state index in [1.807, 2.05) is 0 Å². The van der Waals surface area contributed by atoms with Crippen molar-refractivity contribution in [1.82, 2.24) is 10.2 Å². The van der Waals surface area contributed by atoms with Crippen LogP contribution in [0, 0.1) is 16.7 Å². The summed E-state index contributed by atoms with van der Waals surface area (Å²) in [5, 5.41) is 12.2. The van der Waals surface area contributed by atoms with Crippen molar-refractivity contribution < 1.29 is 0 Å². The van der Waals surface area contributed by atoms with E-state index in [0.29, 0.717) is 0 Å². The van der Waals surface area contributed by atoms with Crippen molar-refractivity contribution in [2.45, 2.75) is 12.8 Å². The Morgan fingerprint density at radius 3 is 2.50 bits per heavy atom. The van der Waals surface area contributed by atoms with E-state index in [0.717, 1.165) is 45.6 Å². The van der Waals surface area contributed by atoms with Gasteiger partial charge in [0.1, 0.15) is 0 Å². The maximum atomic E-state index is 8.89. The van der Waals surface area contributed by atoms with E-state index in [2.05, 4.69) is 16.3 Å². The topological polar surface area (TPSA) is 39.1 Å². The molecule has 66 valence electrons. The van der Waals surface area contributed by atoms with Crippen molar-refractivity contribution in [2.24, 2.45) is 5.41 Å². The minimum absolute atomic E-state index is 0.0529. The Morgan fingerprint density at radius 1 is 1.33 bits per heavy atom. The molecular weight excluding hydrogens is 150 g/mol. The molecule has 3 heteroatoms. The highest BCUT2D eigenvalue weighted by molar-refractivity contribution is 5.11. The fourth-order valence-corrected chi connectivity index (χ4v) is 1.75. The molecule has 2 fully saturated rings. The van der Waals surface area contributed by atoms with E-state index in [1.165, 1.54) is 0 Å². The lowest BCUT2D eigenvalue weighted by Gasteiger charge is -2.28. The van der Waals surface area contributed by atoms with E-state index in [-0.39, 0.29) is 5.41 Å². The zero-order valence-electron chi connectivity index (χ0n) is 7.34. The van der Waals surface area contributed by atoms with Gasteiger partial charge in [-0.15, -0.1) is 0 Å². The van der Waals surface area contributed by atoms with Crippen LogP contribution in [0.3, 0.4) is 0 Å². The van der Waals surface area contributed by atoms with Gasteiger partial charge in [-0.1, -0.05) is 0 Å². The molecule has 1 aliphatic carbocycles. The molecular formula is C9H15N3. The summed E-state index contributed by atoms with van der Waals surface area (Å²) < 4.78 is 0. The Hall–Kier alpha value is -0.590. The predicted molar refractivity (Wildman–Crippen MR) is 46.6 cm³/mol. The summed E-state index contributed by atoms with van der Waals surface area (Å²) in [5.41, 5.74) is 0.0529. The summed E-state index contributed by atoms with van der Waals surface area (Å²) in [5.74, 6) is 0. The lowest BCUT2D eigenvalue weighted by molar-refractivity contribution is 0.215. The number of hydrogen-bond acceptors (Lipinski definition) is 3. The SMILES string of the molecule is N#CC1(CN2CCNCC2)CC1. The highest BCUT2D eigenvalue weighted by Gasteiger charge is 2.44. The van der Waals surface area contributed by atoms with Crippen molar-refractivity contribution in [3.05, 3.63) is 0 Å². The molecule has 0 amide bonds. The molecule has 0 bridgehead atoms. The van der Waals surface area contributed by atoms with Crippen LogP contribution in [0.4, 0.5) is 0 Å². The van der Waals surface area contributed by atoms with Crippen molar-refractivity contribution in [2.75, 3.05) is 32.7 Å². The summed E-state index contributed by atoms with van der Waals surface area (Å²) in [4.78, 5) is 2.41. The van der Waals surface area contributed by atoms with Crippen LogP contribution in [0.2, 0.25) is 0 Å². The number of rotatable bonds is 2. The lowest BCUT2D eigenvalue weighted by Crippen LogP contribution is -2.45. The average molecular weight is 165 g/mol. The van der Waals surface area contributed by atoms with Crippen molar-refractivity contribution in [3.63, 3.8) is 0 Å². The molecule has 1 N–H and O–H groups in total. The van der Waals surface area contributed by atoms with E-state index in [9.17, 15) is 0 Å². The fourth-order valence-electron chi connectivity index (χ4n) is 1.75. The Balaban J connectivity index is 1.82. The first-order valence-corrected chi connectivity index (χ1v) is 4.69. The van der Waals surface area contributed by atoms with Gasteiger partial charge in [0.05, 0.1) is 11.5 Å². The zero-order chi connectivity index (χ0) is 8.44. The minimum atomic E-state index is 0.0529. The molecule has 2 aliphatic rings. The van der Waals surface area contributed by atoms with Crippen LogP contribution < -0.4 is 5.32 Å². The van der Waals surface area contributed by atoms with Gasteiger partial charge in [0.25, 0.3) is 0 Å². The van der Waals surface area contributed by atoms with Gasteiger partial charge in [0, 0.05) is 32.7 Å². The molecule has 1 heterocycles. The molecule has 0 spiro atoms. The molecule has 1 saturated heterocycles. The van der Waals surface area contributed by atoms with Gasteiger partial charge in [-0.25, -0.2) is 0 Å². The monoisotopic (exact) mass is 165 g/mol. The molecule has 1 aliphatic heterocycles. The number of piperazine rings is 1. The Bertz CT molecular complexity index is 196. The highest BCUT2D eigenvalue weighted by atomic mass is 15.2. The van der Waals surface area contributed by atoms with Crippen molar-refractivity contribution >= 4 is 0 Å². The summed E-state index contributed by atoms with van der Waals surface area (Å²) in [7, 11) is 0. The zero-order valence-corrected chi connectivity index (χ0v) is 7.34. The average Bonchev–Trinajstić information content (AvgIpc) is 2.88. The first kappa shape index (κ1) is 8.03. The van der Waals surface area contributed by atoms with Crippen LogP contribution in [-0.2, 0) is 0 Å². The van der Waals surface area contributed by atoms with Gasteiger partial charge >= 0.3 is 0 Å². The fraction of sp³-hybridized carbons (Fsp3) is 0.889. The van der Waals surface area contributed by atoms with E-state index >= 15 is 0 Å². The lowest BCUT2D eigenvalue weighted by atomic mass is 10.1. The molecule has 0 aromatic heterocycles. The van der Waals surface area contributed by atoms with Crippen LogP contribution in [0.1, 0.15) is 12.8 Å². The maximum absolute atomic E-state index is 8.89. The first-order chi connectivity index (χ1) is 5.85. The first-order valence-electron chi connectivity index (χ1n) is 4.69. The van der Waals surface area contributed by atoms with Crippen LogP contribution in [-0.4, -0.2) is 37.6 Å². The second-order valence-electron chi connectivity index (χ2n) is 3.92. The van der Waals surface area contributed by atoms with Crippen LogP contribution in [0.15, 0.2) is 0 Å². The Labute approximate surface area is 73.3 Å². The Morgan fingerprint density at radius 2 is 2.00 bits per heavy atom. The maximum Gasteiger partial charge on any atom is 0.0703 e. The van der Waals surface area contributed by atoms with Gasteiger partial charge in [-0.2, -0.15) is 5.26 Å². The largest absolute Gasteiger partial charge is 0.314 e. The van der Waals surface area contributed by atoms with Gasteiger partial charge in [-0.3, -0.25) is 4.90 Å². The molecule has 1 saturated carbocycles. The van der Waals surface area contributed by atoms with Crippen LogP contribution in [0.25, 0.3) is 0 Å².